The van der Waals surface area contributed by atoms with Gasteiger partial charge in [0, 0.05) is 18.9 Å². The van der Waals surface area contributed by atoms with Crippen molar-refractivity contribution in [3.63, 3.8) is 0 Å². The number of carboxylic acids is 1. The summed E-state index contributed by atoms with van der Waals surface area (Å²) in [7, 11) is 1.55. The highest BCUT2D eigenvalue weighted by atomic mass is 19.1. The summed E-state index contributed by atoms with van der Waals surface area (Å²) in [6.45, 7) is 0. The number of nitrogens with zero attached hydrogens (tertiary/aromatic N) is 3. The van der Waals surface area contributed by atoms with E-state index in [1.165, 1.54) is 11.1 Å². The van der Waals surface area contributed by atoms with E-state index in [2.05, 4.69) is 4.98 Å². The maximum Gasteiger partial charge on any atom is 0.338 e. The molecule has 100 valence electrons. The summed E-state index contributed by atoms with van der Waals surface area (Å²) in [5.74, 6) is -2.38. The van der Waals surface area contributed by atoms with Crippen LogP contribution >= 0.6 is 0 Å². The summed E-state index contributed by atoms with van der Waals surface area (Å²) >= 11 is 0. The van der Waals surface area contributed by atoms with Gasteiger partial charge in [0.25, 0.3) is 0 Å². The van der Waals surface area contributed by atoms with Crippen molar-refractivity contribution in [1.29, 1.82) is 5.26 Å². The van der Waals surface area contributed by atoms with Gasteiger partial charge in [0.15, 0.2) is 11.6 Å². The molecule has 0 radical (unpaired) electrons. The SMILES string of the molecule is CN(c1cccc(C#N)c1)c1nccc(C(=O)O)c1F. The van der Waals surface area contributed by atoms with Crippen molar-refractivity contribution in [2.24, 2.45) is 0 Å². The predicted octanol–water partition coefficient (Wildman–Crippen LogP) is 2.56. The Kier molecular flexibility index (Phi) is 3.62. The second-order valence-corrected chi connectivity index (χ2v) is 4.02. The number of carboxylic acid groups (broad SMARTS) is 1. The maximum atomic E-state index is 14.1. The topological polar surface area (TPSA) is 77.2 Å². The standard InChI is InChI=1S/C14H10FN3O2/c1-18(10-4-2-3-9(7-10)8-16)13-12(15)11(14(19)20)5-6-17-13/h2-7H,1H3,(H,19,20). The van der Waals surface area contributed by atoms with Crippen molar-refractivity contribution >= 4 is 17.5 Å². The largest absolute Gasteiger partial charge is 0.478 e. The van der Waals surface area contributed by atoms with Gasteiger partial charge >= 0.3 is 5.97 Å². The molecule has 0 fully saturated rings. The highest BCUT2D eigenvalue weighted by Gasteiger charge is 2.18. The van der Waals surface area contributed by atoms with E-state index in [0.717, 1.165) is 6.07 Å². The van der Waals surface area contributed by atoms with E-state index < -0.39 is 17.3 Å². The molecule has 0 aliphatic carbocycles. The third kappa shape index (κ3) is 2.42. The van der Waals surface area contributed by atoms with E-state index in [1.807, 2.05) is 6.07 Å². The number of rotatable bonds is 3. The van der Waals surface area contributed by atoms with Gasteiger partial charge in [-0.25, -0.2) is 14.2 Å². The smallest absolute Gasteiger partial charge is 0.338 e. The zero-order chi connectivity index (χ0) is 14.7. The zero-order valence-electron chi connectivity index (χ0n) is 10.5. The Balaban J connectivity index is 2.48. The van der Waals surface area contributed by atoms with Crippen LogP contribution in [0.25, 0.3) is 0 Å². The lowest BCUT2D eigenvalue weighted by Crippen LogP contribution is -2.15. The lowest BCUT2D eigenvalue weighted by molar-refractivity contribution is 0.0692. The maximum absolute atomic E-state index is 14.1. The Bertz CT molecular complexity index is 710. The number of halogens is 1. The number of pyridine rings is 1. The highest BCUT2D eigenvalue weighted by Crippen LogP contribution is 2.26. The fraction of sp³-hybridized carbons (Fsp3) is 0.0714. The van der Waals surface area contributed by atoms with Gasteiger partial charge in [0.05, 0.1) is 11.6 Å². The molecule has 2 rings (SSSR count). The van der Waals surface area contributed by atoms with Gasteiger partial charge in [0.2, 0.25) is 0 Å². The first-order chi connectivity index (χ1) is 9.54. The minimum Gasteiger partial charge on any atom is -0.478 e. The minimum atomic E-state index is -1.36. The van der Waals surface area contributed by atoms with Crippen molar-refractivity contribution in [2.45, 2.75) is 0 Å². The van der Waals surface area contributed by atoms with Crippen molar-refractivity contribution in [3.8, 4) is 6.07 Å². The molecule has 1 aromatic heterocycles. The third-order valence-electron chi connectivity index (χ3n) is 2.78. The van der Waals surface area contributed by atoms with Crippen LogP contribution in [0.2, 0.25) is 0 Å². The van der Waals surface area contributed by atoms with E-state index in [0.29, 0.717) is 11.3 Å². The normalized spacial score (nSPS) is 9.85. The summed E-state index contributed by atoms with van der Waals surface area (Å²) in [5.41, 5.74) is 0.514. The Hall–Kier alpha value is -2.94. The van der Waals surface area contributed by atoms with Crippen LogP contribution in [-0.4, -0.2) is 23.1 Å². The predicted molar refractivity (Wildman–Crippen MR) is 70.4 cm³/mol. The molecule has 0 saturated carbocycles. The summed E-state index contributed by atoms with van der Waals surface area (Å²) in [6, 6.07) is 9.60. The van der Waals surface area contributed by atoms with Crippen LogP contribution in [0.3, 0.4) is 0 Å². The molecule has 0 aliphatic rings. The molecule has 6 heteroatoms. The molecule has 0 unspecified atom stereocenters. The average molecular weight is 271 g/mol. The molecule has 0 bridgehead atoms. The summed E-state index contributed by atoms with van der Waals surface area (Å²) in [6.07, 6.45) is 1.23. The number of nitriles is 1. The van der Waals surface area contributed by atoms with Crippen molar-refractivity contribution in [2.75, 3.05) is 11.9 Å². The van der Waals surface area contributed by atoms with Gasteiger partial charge in [-0.1, -0.05) is 6.07 Å². The highest BCUT2D eigenvalue weighted by molar-refractivity contribution is 5.89. The number of aromatic nitrogens is 1. The minimum absolute atomic E-state index is 0.111. The molecule has 1 aromatic carbocycles. The second-order valence-electron chi connectivity index (χ2n) is 4.02. The summed E-state index contributed by atoms with van der Waals surface area (Å²) < 4.78 is 14.1. The van der Waals surface area contributed by atoms with E-state index in [9.17, 15) is 9.18 Å². The van der Waals surface area contributed by atoms with Crippen LogP contribution in [0.1, 0.15) is 15.9 Å². The lowest BCUT2D eigenvalue weighted by Gasteiger charge is -2.19. The van der Waals surface area contributed by atoms with Crippen molar-refractivity contribution in [1.82, 2.24) is 4.98 Å². The van der Waals surface area contributed by atoms with Crippen LogP contribution in [-0.2, 0) is 0 Å². The first-order valence-electron chi connectivity index (χ1n) is 5.66. The Labute approximate surface area is 114 Å². The van der Waals surface area contributed by atoms with Gasteiger partial charge in [-0.2, -0.15) is 5.26 Å². The molecular formula is C14H10FN3O2. The van der Waals surface area contributed by atoms with Gasteiger partial charge in [0.1, 0.15) is 5.56 Å². The van der Waals surface area contributed by atoms with Gasteiger partial charge in [-0.15, -0.1) is 0 Å². The molecule has 0 atom stereocenters. The molecule has 1 heterocycles. The van der Waals surface area contributed by atoms with E-state index in [4.69, 9.17) is 10.4 Å². The Morgan fingerprint density at radius 3 is 2.85 bits per heavy atom. The molecule has 0 amide bonds. The number of aromatic carboxylic acids is 1. The number of benzene rings is 1. The molecule has 20 heavy (non-hydrogen) atoms. The van der Waals surface area contributed by atoms with E-state index in [1.54, 1.807) is 31.3 Å². The first kappa shape index (κ1) is 13.5. The Morgan fingerprint density at radius 2 is 2.20 bits per heavy atom. The van der Waals surface area contributed by atoms with Gasteiger partial charge < -0.3 is 10.0 Å². The second kappa shape index (κ2) is 5.36. The molecule has 5 nitrogen and oxygen atoms in total. The molecule has 1 N–H and O–H groups in total. The van der Waals surface area contributed by atoms with Crippen LogP contribution in [0, 0.1) is 17.1 Å². The summed E-state index contributed by atoms with van der Waals surface area (Å²) in [4.78, 5) is 16.2. The van der Waals surface area contributed by atoms with Gasteiger partial charge in [-0.05, 0) is 24.3 Å². The van der Waals surface area contributed by atoms with Crippen LogP contribution in [0.15, 0.2) is 36.5 Å². The third-order valence-corrected chi connectivity index (χ3v) is 2.78. The van der Waals surface area contributed by atoms with Gasteiger partial charge in [-0.3, -0.25) is 0 Å². The number of carbonyl (C=O) groups is 1. The molecule has 0 spiro atoms. The number of hydrogen-bond donors (Lipinski definition) is 1. The molecule has 0 saturated heterocycles. The Morgan fingerprint density at radius 1 is 1.45 bits per heavy atom. The van der Waals surface area contributed by atoms with E-state index >= 15 is 0 Å². The monoisotopic (exact) mass is 271 g/mol. The van der Waals surface area contributed by atoms with Crippen LogP contribution in [0.4, 0.5) is 15.9 Å². The first-order valence-corrected chi connectivity index (χ1v) is 5.66. The fourth-order valence-electron chi connectivity index (χ4n) is 1.74. The quantitative estimate of drug-likeness (QED) is 0.928. The fourth-order valence-corrected chi connectivity index (χ4v) is 1.74. The van der Waals surface area contributed by atoms with Crippen LogP contribution < -0.4 is 4.90 Å². The number of hydrogen-bond acceptors (Lipinski definition) is 4. The average Bonchev–Trinajstić information content (AvgIpc) is 2.46. The van der Waals surface area contributed by atoms with Crippen molar-refractivity contribution < 1.29 is 14.3 Å². The van der Waals surface area contributed by atoms with Crippen LogP contribution in [0.5, 0.6) is 0 Å². The van der Waals surface area contributed by atoms with E-state index in [-0.39, 0.29) is 5.82 Å². The lowest BCUT2D eigenvalue weighted by atomic mass is 10.2. The zero-order valence-corrected chi connectivity index (χ0v) is 10.5. The summed E-state index contributed by atoms with van der Waals surface area (Å²) in [5, 5.41) is 17.7. The molecule has 2 aromatic rings. The number of anilines is 2. The van der Waals surface area contributed by atoms with Crippen molar-refractivity contribution in [3.05, 3.63) is 53.5 Å². The molecule has 0 aliphatic heterocycles. The molecular weight excluding hydrogens is 261 g/mol.